The number of nitrogens with one attached hydrogen (secondary N) is 3. The third-order valence-electron chi connectivity index (χ3n) is 5.60. The average Bonchev–Trinajstić information content (AvgIpc) is 3.18. The first-order valence-corrected chi connectivity index (χ1v) is 11.2. The van der Waals surface area contributed by atoms with Crippen molar-refractivity contribution in [3.8, 4) is 0 Å². The van der Waals surface area contributed by atoms with E-state index in [2.05, 4.69) is 33.1 Å². The number of carbonyl (C=O) groups is 2. The van der Waals surface area contributed by atoms with Gasteiger partial charge in [-0.2, -0.15) is 0 Å². The Morgan fingerprint density at radius 1 is 1.03 bits per heavy atom. The Balaban J connectivity index is 1.40. The third-order valence-corrected chi connectivity index (χ3v) is 5.60. The maximum absolute atomic E-state index is 12.4. The van der Waals surface area contributed by atoms with Gasteiger partial charge < -0.3 is 20.9 Å². The highest BCUT2D eigenvalue weighted by molar-refractivity contribution is 5.94. The Hall–Kier alpha value is -3.35. The van der Waals surface area contributed by atoms with Gasteiger partial charge in [-0.1, -0.05) is 42.5 Å². The molecule has 2 aromatic carbocycles. The fourth-order valence-corrected chi connectivity index (χ4v) is 3.80. The molecule has 1 heterocycles. The van der Waals surface area contributed by atoms with E-state index in [9.17, 15) is 9.59 Å². The van der Waals surface area contributed by atoms with Gasteiger partial charge in [0.25, 0.3) is 5.91 Å². The Kier molecular flexibility index (Phi) is 8.66. The number of carbonyl (C=O) groups excluding carboxylic acids is 2. The van der Waals surface area contributed by atoms with Crippen LogP contribution in [0, 0.1) is 5.92 Å². The van der Waals surface area contributed by atoms with E-state index < -0.39 is 0 Å². The first kappa shape index (κ1) is 23.3. The lowest BCUT2D eigenvalue weighted by Crippen LogP contribution is -2.40. The van der Waals surface area contributed by atoms with Gasteiger partial charge in [-0.3, -0.25) is 14.6 Å². The summed E-state index contributed by atoms with van der Waals surface area (Å²) < 4.78 is 0. The number of guanidine groups is 1. The van der Waals surface area contributed by atoms with Crippen LogP contribution in [0.3, 0.4) is 0 Å². The minimum atomic E-state index is -0.0617. The number of rotatable bonds is 9. The summed E-state index contributed by atoms with van der Waals surface area (Å²) in [5.41, 5.74) is 2.97. The van der Waals surface area contributed by atoms with Gasteiger partial charge in [0.15, 0.2) is 5.96 Å². The minimum Gasteiger partial charge on any atom is -0.356 e. The van der Waals surface area contributed by atoms with Gasteiger partial charge in [-0.05, 0) is 36.6 Å². The smallest absolute Gasteiger partial charge is 0.251 e. The number of amides is 2. The Labute approximate surface area is 190 Å². The second-order valence-corrected chi connectivity index (χ2v) is 8.01. The zero-order valence-electron chi connectivity index (χ0n) is 18.9. The van der Waals surface area contributed by atoms with E-state index in [1.54, 1.807) is 7.05 Å². The highest BCUT2D eigenvalue weighted by atomic mass is 16.2. The fraction of sp³-hybridized carbons (Fsp3) is 0.400. The summed E-state index contributed by atoms with van der Waals surface area (Å²) in [5.74, 6) is 1.14. The van der Waals surface area contributed by atoms with E-state index in [1.165, 1.54) is 5.56 Å². The van der Waals surface area contributed by atoms with Gasteiger partial charge in [0, 0.05) is 57.7 Å². The van der Waals surface area contributed by atoms with Crippen molar-refractivity contribution >= 4 is 17.8 Å². The number of nitrogens with zero attached hydrogens (tertiary/aromatic N) is 2. The molecule has 32 heavy (non-hydrogen) atoms. The Morgan fingerprint density at radius 3 is 2.47 bits per heavy atom. The summed E-state index contributed by atoms with van der Waals surface area (Å²) >= 11 is 0. The topological polar surface area (TPSA) is 85.8 Å². The monoisotopic (exact) mass is 435 g/mol. The van der Waals surface area contributed by atoms with Crippen LogP contribution in [0.5, 0.6) is 0 Å². The summed E-state index contributed by atoms with van der Waals surface area (Å²) in [6.45, 7) is 5.35. The van der Waals surface area contributed by atoms with Crippen molar-refractivity contribution in [2.45, 2.75) is 26.3 Å². The van der Waals surface area contributed by atoms with E-state index in [0.717, 1.165) is 25.1 Å². The van der Waals surface area contributed by atoms with Crippen LogP contribution in [0.2, 0.25) is 0 Å². The summed E-state index contributed by atoms with van der Waals surface area (Å²) in [6, 6.07) is 17.8. The molecule has 1 saturated heterocycles. The van der Waals surface area contributed by atoms with Crippen LogP contribution in [0.4, 0.5) is 0 Å². The molecule has 0 bridgehead atoms. The standard InChI is InChI=1S/C25H33N5O2/c1-3-27-24(32)22-11-9-20(10-12-22)16-28-25(26-2)29-17-21-15-23(31)30(18-21)14-13-19-7-5-4-6-8-19/h4-12,21H,3,13-18H2,1-2H3,(H,27,32)(H2,26,28,29). The highest BCUT2D eigenvalue weighted by Crippen LogP contribution is 2.17. The predicted octanol–water partition coefficient (Wildman–Crippen LogP) is 2.19. The second kappa shape index (κ2) is 11.9. The molecule has 7 nitrogen and oxygen atoms in total. The molecule has 0 aromatic heterocycles. The molecule has 1 unspecified atom stereocenters. The van der Waals surface area contributed by atoms with E-state index in [1.807, 2.05) is 54.3 Å². The average molecular weight is 436 g/mol. The van der Waals surface area contributed by atoms with Gasteiger partial charge in [-0.25, -0.2) is 0 Å². The number of benzene rings is 2. The van der Waals surface area contributed by atoms with Gasteiger partial charge in [0.2, 0.25) is 5.91 Å². The lowest BCUT2D eigenvalue weighted by Gasteiger charge is -2.18. The lowest BCUT2D eigenvalue weighted by molar-refractivity contribution is -0.127. The molecule has 0 radical (unpaired) electrons. The number of hydrogen-bond acceptors (Lipinski definition) is 3. The molecular weight excluding hydrogens is 402 g/mol. The number of hydrogen-bond donors (Lipinski definition) is 3. The largest absolute Gasteiger partial charge is 0.356 e. The van der Waals surface area contributed by atoms with Crippen molar-refractivity contribution in [3.63, 3.8) is 0 Å². The molecule has 170 valence electrons. The first-order valence-electron chi connectivity index (χ1n) is 11.2. The molecule has 2 amide bonds. The van der Waals surface area contributed by atoms with Crippen molar-refractivity contribution in [3.05, 3.63) is 71.3 Å². The highest BCUT2D eigenvalue weighted by Gasteiger charge is 2.29. The van der Waals surface area contributed by atoms with Crippen molar-refractivity contribution in [1.82, 2.24) is 20.9 Å². The van der Waals surface area contributed by atoms with E-state index in [4.69, 9.17) is 0 Å². The second-order valence-electron chi connectivity index (χ2n) is 8.01. The SMILES string of the molecule is CCNC(=O)c1ccc(CNC(=NC)NCC2CC(=O)N(CCc3ccccc3)C2)cc1. The molecule has 1 fully saturated rings. The zero-order valence-corrected chi connectivity index (χ0v) is 18.9. The molecule has 7 heteroatoms. The zero-order chi connectivity index (χ0) is 22.8. The van der Waals surface area contributed by atoms with Crippen molar-refractivity contribution in [2.24, 2.45) is 10.9 Å². The van der Waals surface area contributed by atoms with Crippen molar-refractivity contribution < 1.29 is 9.59 Å². The molecule has 0 spiro atoms. The van der Waals surface area contributed by atoms with E-state index in [0.29, 0.717) is 37.6 Å². The molecule has 3 N–H and O–H groups in total. The first-order chi connectivity index (χ1) is 15.6. The molecule has 1 atom stereocenters. The number of likely N-dealkylation sites (tertiary alicyclic amines) is 1. The van der Waals surface area contributed by atoms with Crippen LogP contribution in [-0.4, -0.2) is 55.9 Å². The quantitative estimate of drug-likeness (QED) is 0.416. The van der Waals surface area contributed by atoms with Gasteiger partial charge in [0.05, 0.1) is 0 Å². The maximum atomic E-state index is 12.4. The number of aliphatic imine (C=N–C) groups is 1. The molecular formula is C25H33N5O2. The van der Waals surface area contributed by atoms with Crippen molar-refractivity contribution in [2.75, 3.05) is 33.2 Å². The summed E-state index contributed by atoms with van der Waals surface area (Å²) in [6.07, 6.45) is 1.45. The molecule has 1 aliphatic heterocycles. The van der Waals surface area contributed by atoms with E-state index >= 15 is 0 Å². The maximum Gasteiger partial charge on any atom is 0.251 e. The fourth-order valence-electron chi connectivity index (χ4n) is 3.80. The molecule has 0 saturated carbocycles. The van der Waals surface area contributed by atoms with Crippen molar-refractivity contribution in [1.29, 1.82) is 0 Å². The molecule has 0 aliphatic carbocycles. The molecule has 1 aliphatic rings. The van der Waals surface area contributed by atoms with Crippen LogP contribution < -0.4 is 16.0 Å². The van der Waals surface area contributed by atoms with Crippen LogP contribution in [0.1, 0.15) is 34.8 Å². The lowest BCUT2D eigenvalue weighted by atomic mass is 10.1. The predicted molar refractivity (Wildman–Crippen MR) is 127 cm³/mol. The normalized spacial score (nSPS) is 16.2. The minimum absolute atomic E-state index is 0.0617. The van der Waals surface area contributed by atoms with Gasteiger partial charge in [-0.15, -0.1) is 0 Å². The molecule has 3 rings (SSSR count). The van der Waals surface area contributed by atoms with Crippen LogP contribution in [-0.2, 0) is 17.8 Å². The van der Waals surface area contributed by atoms with Gasteiger partial charge in [0.1, 0.15) is 0 Å². The van der Waals surface area contributed by atoms with Crippen LogP contribution in [0.15, 0.2) is 59.6 Å². The Bertz CT molecular complexity index is 912. The van der Waals surface area contributed by atoms with E-state index in [-0.39, 0.29) is 17.7 Å². The summed E-state index contributed by atoms with van der Waals surface area (Å²) in [4.78, 5) is 30.5. The Morgan fingerprint density at radius 2 is 1.78 bits per heavy atom. The summed E-state index contributed by atoms with van der Waals surface area (Å²) in [7, 11) is 1.74. The molecule has 2 aromatic rings. The van der Waals surface area contributed by atoms with Crippen LogP contribution >= 0.6 is 0 Å². The van der Waals surface area contributed by atoms with Crippen LogP contribution in [0.25, 0.3) is 0 Å². The van der Waals surface area contributed by atoms with Gasteiger partial charge >= 0.3 is 0 Å². The third kappa shape index (κ3) is 6.83. The summed E-state index contributed by atoms with van der Waals surface area (Å²) in [5, 5.41) is 9.43.